The van der Waals surface area contributed by atoms with Crippen LogP contribution in [0.2, 0.25) is 0 Å². The van der Waals surface area contributed by atoms with Gasteiger partial charge < -0.3 is 10.2 Å². The number of hydrogen-bond donors (Lipinski definition) is 1. The fourth-order valence-electron chi connectivity index (χ4n) is 2.53. The molecule has 0 saturated carbocycles. The minimum absolute atomic E-state index is 0.0126. The van der Waals surface area contributed by atoms with Crippen LogP contribution in [0.5, 0.6) is 0 Å². The number of thiophene rings is 1. The summed E-state index contributed by atoms with van der Waals surface area (Å²) in [7, 11) is 0. The molecule has 0 unspecified atom stereocenters. The highest BCUT2D eigenvalue weighted by Gasteiger charge is 2.25. The van der Waals surface area contributed by atoms with Crippen LogP contribution in [0, 0.1) is 5.92 Å². The summed E-state index contributed by atoms with van der Waals surface area (Å²) in [5.74, 6) is 0.289. The first-order valence-corrected chi connectivity index (χ1v) is 8.47. The molecule has 1 aliphatic rings. The van der Waals surface area contributed by atoms with Crippen molar-refractivity contribution in [2.24, 2.45) is 5.92 Å². The van der Waals surface area contributed by atoms with E-state index in [-0.39, 0.29) is 17.5 Å². The molecular formula is C16H18N4O2S. The molecule has 2 aromatic rings. The average molecular weight is 330 g/mol. The zero-order valence-electron chi connectivity index (χ0n) is 12.9. The van der Waals surface area contributed by atoms with Crippen LogP contribution in [0.25, 0.3) is 0 Å². The predicted octanol–water partition coefficient (Wildman–Crippen LogP) is 2.66. The molecule has 0 bridgehead atoms. The highest BCUT2D eigenvalue weighted by Crippen LogP contribution is 2.26. The molecule has 0 spiro atoms. The summed E-state index contributed by atoms with van der Waals surface area (Å²) in [6, 6.07) is 1.75. The highest BCUT2D eigenvalue weighted by atomic mass is 32.1. The van der Waals surface area contributed by atoms with Crippen molar-refractivity contribution >= 4 is 28.8 Å². The molecular weight excluding hydrogens is 312 g/mol. The smallest absolute Gasteiger partial charge is 0.275 e. The van der Waals surface area contributed by atoms with Gasteiger partial charge >= 0.3 is 0 Å². The molecule has 1 saturated heterocycles. The highest BCUT2D eigenvalue weighted by molar-refractivity contribution is 7.12. The molecule has 2 aromatic heterocycles. The van der Waals surface area contributed by atoms with Crippen LogP contribution < -0.4 is 5.32 Å². The number of carbonyl (C=O) groups excluding carboxylic acids is 2. The zero-order valence-corrected chi connectivity index (χ0v) is 13.7. The van der Waals surface area contributed by atoms with Crippen LogP contribution in [-0.4, -0.2) is 39.8 Å². The zero-order chi connectivity index (χ0) is 16.2. The quantitative estimate of drug-likeness (QED) is 0.939. The summed E-state index contributed by atoms with van der Waals surface area (Å²) in [4.78, 5) is 35.1. The third kappa shape index (κ3) is 3.56. The van der Waals surface area contributed by atoms with E-state index in [1.807, 2.05) is 10.3 Å². The number of nitrogens with one attached hydrogen (secondary N) is 1. The number of hydrogen-bond acceptors (Lipinski definition) is 5. The largest absolute Gasteiger partial charge is 0.338 e. The van der Waals surface area contributed by atoms with Crippen molar-refractivity contribution < 1.29 is 9.59 Å². The summed E-state index contributed by atoms with van der Waals surface area (Å²) in [6.07, 6.45) is 6.42. The first-order chi connectivity index (χ1) is 11.1. The van der Waals surface area contributed by atoms with E-state index in [9.17, 15) is 9.59 Å². The van der Waals surface area contributed by atoms with Crippen molar-refractivity contribution in [2.45, 2.75) is 19.8 Å². The van der Waals surface area contributed by atoms with Gasteiger partial charge in [-0.25, -0.2) is 4.98 Å². The standard InChI is InChI=1S/C16H18N4O2S/c1-11-2-7-20(8-3-11)16(22)14-12(4-9-23-14)19-15(21)13-10-17-5-6-18-13/h4-6,9-11H,2-3,7-8H2,1H3,(H,19,21). The second-order valence-electron chi connectivity index (χ2n) is 5.68. The van der Waals surface area contributed by atoms with Crippen LogP contribution in [0.3, 0.4) is 0 Å². The number of amides is 2. The molecule has 3 rings (SSSR count). The molecule has 6 nitrogen and oxygen atoms in total. The van der Waals surface area contributed by atoms with E-state index in [0.717, 1.165) is 25.9 Å². The third-order valence-electron chi connectivity index (χ3n) is 3.97. The number of aromatic nitrogens is 2. The van der Waals surface area contributed by atoms with Gasteiger partial charge in [0.2, 0.25) is 0 Å². The first-order valence-electron chi connectivity index (χ1n) is 7.59. The fraction of sp³-hybridized carbons (Fsp3) is 0.375. The molecule has 1 N–H and O–H groups in total. The van der Waals surface area contributed by atoms with Gasteiger partial charge in [0.05, 0.1) is 11.9 Å². The molecule has 0 radical (unpaired) electrons. The van der Waals surface area contributed by atoms with E-state index in [0.29, 0.717) is 16.5 Å². The fourth-order valence-corrected chi connectivity index (χ4v) is 3.35. The van der Waals surface area contributed by atoms with Gasteiger partial charge in [-0.05, 0) is 30.2 Å². The molecule has 1 fully saturated rings. The lowest BCUT2D eigenvalue weighted by molar-refractivity contribution is 0.0703. The molecule has 23 heavy (non-hydrogen) atoms. The maximum Gasteiger partial charge on any atom is 0.275 e. The molecule has 1 aliphatic heterocycles. The Labute approximate surface area is 138 Å². The normalized spacial score (nSPS) is 15.4. The maximum absolute atomic E-state index is 12.7. The lowest BCUT2D eigenvalue weighted by Crippen LogP contribution is -2.37. The molecule has 120 valence electrons. The monoisotopic (exact) mass is 330 g/mol. The SMILES string of the molecule is CC1CCN(C(=O)c2sccc2NC(=O)c2cnccn2)CC1. The predicted molar refractivity (Wildman–Crippen MR) is 88.6 cm³/mol. The van der Waals surface area contributed by atoms with Crippen LogP contribution in [-0.2, 0) is 0 Å². The number of anilines is 1. The minimum atomic E-state index is -0.363. The van der Waals surface area contributed by atoms with Crippen LogP contribution in [0.4, 0.5) is 5.69 Å². The van der Waals surface area contributed by atoms with E-state index in [4.69, 9.17) is 0 Å². The Kier molecular flexibility index (Phi) is 4.66. The van der Waals surface area contributed by atoms with Gasteiger partial charge in [-0.15, -0.1) is 11.3 Å². The molecule has 0 aromatic carbocycles. The number of piperidine rings is 1. The summed E-state index contributed by atoms with van der Waals surface area (Å²) in [6.45, 7) is 3.75. The van der Waals surface area contributed by atoms with E-state index in [1.54, 1.807) is 6.07 Å². The van der Waals surface area contributed by atoms with Gasteiger partial charge in [0.15, 0.2) is 0 Å². The van der Waals surface area contributed by atoms with E-state index in [1.165, 1.54) is 29.9 Å². The molecule has 7 heteroatoms. The molecule has 0 atom stereocenters. The number of carbonyl (C=O) groups is 2. The van der Waals surface area contributed by atoms with Crippen molar-refractivity contribution in [1.29, 1.82) is 0 Å². The second kappa shape index (κ2) is 6.87. The van der Waals surface area contributed by atoms with Crippen molar-refractivity contribution in [3.8, 4) is 0 Å². The van der Waals surface area contributed by atoms with Gasteiger partial charge in [-0.2, -0.15) is 0 Å². The first kappa shape index (κ1) is 15.6. The Bertz CT molecular complexity index is 693. The van der Waals surface area contributed by atoms with Crippen LogP contribution in [0.15, 0.2) is 30.0 Å². The Hall–Kier alpha value is -2.28. The van der Waals surface area contributed by atoms with E-state index >= 15 is 0 Å². The molecule has 3 heterocycles. The lowest BCUT2D eigenvalue weighted by Gasteiger charge is -2.30. The minimum Gasteiger partial charge on any atom is -0.338 e. The van der Waals surface area contributed by atoms with Gasteiger partial charge in [-0.1, -0.05) is 6.92 Å². The van der Waals surface area contributed by atoms with Gasteiger partial charge in [-0.3, -0.25) is 14.6 Å². The third-order valence-corrected chi connectivity index (χ3v) is 4.88. The van der Waals surface area contributed by atoms with E-state index < -0.39 is 0 Å². The Morgan fingerprint density at radius 3 is 2.78 bits per heavy atom. The van der Waals surface area contributed by atoms with Crippen molar-refractivity contribution in [3.63, 3.8) is 0 Å². The molecule has 2 amide bonds. The average Bonchev–Trinajstić information content (AvgIpc) is 3.04. The van der Waals surface area contributed by atoms with Crippen LogP contribution >= 0.6 is 11.3 Å². The van der Waals surface area contributed by atoms with E-state index in [2.05, 4.69) is 22.2 Å². The topological polar surface area (TPSA) is 75.2 Å². The Morgan fingerprint density at radius 1 is 1.30 bits per heavy atom. The number of rotatable bonds is 3. The number of likely N-dealkylation sites (tertiary alicyclic amines) is 1. The summed E-state index contributed by atoms with van der Waals surface area (Å²) in [5, 5.41) is 4.57. The Morgan fingerprint density at radius 2 is 2.09 bits per heavy atom. The van der Waals surface area contributed by atoms with Crippen LogP contribution in [0.1, 0.15) is 39.9 Å². The summed E-state index contributed by atoms with van der Waals surface area (Å²) in [5.41, 5.74) is 0.762. The van der Waals surface area contributed by atoms with Crippen molar-refractivity contribution in [2.75, 3.05) is 18.4 Å². The lowest BCUT2D eigenvalue weighted by atomic mass is 9.99. The van der Waals surface area contributed by atoms with Gasteiger partial charge in [0.25, 0.3) is 11.8 Å². The van der Waals surface area contributed by atoms with Gasteiger partial charge in [0.1, 0.15) is 10.6 Å². The second-order valence-corrected chi connectivity index (χ2v) is 6.60. The summed E-state index contributed by atoms with van der Waals surface area (Å²) >= 11 is 1.35. The summed E-state index contributed by atoms with van der Waals surface area (Å²) < 4.78 is 0. The van der Waals surface area contributed by atoms with Gasteiger partial charge in [0, 0.05) is 25.5 Å². The van der Waals surface area contributed by atoms with Crippen molar-refractivity contribution in [1.82, 2.24) is 14.9 Å². The Balaban J connectivity index is 1.72. The maximum atomic E-state index is 12.7. The van der Waals surface area contributed by atoms with Crippen molar-refractivity contribution in [3.05, 3.63) is 40.6 Å². The molecule has 0 aliphatic carbocycles. The number of nitrogens with zero attached hydrogens (tertiary/aromatic N) is 3.